The maximum absolute atomic E-state index is 6.40. The molecule has 3 nitrogen and oxygen atoms in total. The molecule has 0 fully saturated rings. The number of benzene rings is 1. The summed E-state index contributed by atoms with van der Waals surface area (Å²) >= 11 is 0. The molecule has 0 radical (unpaired) electrons. The van der Waals surface area contributed by atoms with Crippen LogP contribution in [0.5, 0.6) is 0 Å². The number of hydrogen-bond acceptors (Lipinski definition) is 2. The molecule has 0 saturated heterocycles. The second-order valence-electron chi connectivity index (χ2n) is 5.43. The Labute approximate surface area is 119 Å². The molecular weight excluding hydrogens is 246 g/mol. The molecule has 0 amide bonds. The lowest BCUT2D eigenvalue weighted by Gasteiger charge is -2.13. The third-order valence-electron chi connectivity index (χ3n) is 3.75. The van der Waals surface area contributed by atoms with Crippen LogP contribution in [0, 0.1) is 0 Å². The van der Waals surface area contributed by atoms with Crippen LogP contribution in [0.2, 0.25) is 0 Å². The van der Waals surface area contributed by atoms with E-state index in [9.17, 15) is 0 Å². The van der Waals surface area contributed by atoms with Crippen LogP contribution in [0.1, 0.15) is 42.5 Å². The van der Waals surface area contributed by atoms with Gasteiger partial charge in [-0.2, -0.15) is 5.10 Å². The fourth-order valence-corrected chi connectivity index (χ4v) is 2.46. The lowest BCUT2D eigenvalue weighted by molar-refractivity contribution is 0.850. The highest BCUT2D eigenvalue weighted by Crippen LogP contribution is 2.25. The van der Waals surface area contributed by atoms with Gasteiger partial charge in [0.25, 0.3) is 0 Å². The Morgan fingerprint density at radius 1 is 1.00 bits per heavy atom. The summed E-state index contributed by atoms with van der Waals surface area (Å²) < 4.78 is 1.86. The van der Waals surface area contributed by atoms with Gasteiger partial charge in [0, 0.05) is 11.8 Å². The van der Waals surface area contributed by atoms with Gasteiger partial charge in [-0.1, -0.05) is 44.2 Å². The van der Waals surface area contributed by atoms with Gasteiger partial charge in [0.1, 0.15) is 0 Å². The van der Waals surface area contributed by atoms with E-state index in [4.69, 9.17) is 5.73 Å². The number of fused-ring (bicyclic) bond motifs is 1. The molecule has 0 aliphatic carbocycles. The highest BCUT2D eigenvalue weighted by molar-refractivity contribution is 5.57. The third kappa shape index (κ3) is 2.21. The van der Waals surface area contributed by atoms with Gasteiger partial charge in [-0.15, -0.1) is 0 Å². The molecule has 102 valence electrons. The molecule has 3 heteroatoms. The van der Waals surface area contributed by atoms with Gasteiger partial charge in [0.2, 0.25) is 0 Å². The van der Waals surface area contributed by atoms with Crippen molar-refractivity contribution < 1.29 is 0 Å². The first kappa shape index (κ1) is 12.9. The quantitative estimate of drug-likeness (QED) is 0.787. The molecule has 1 atom stereocenters. The van der Waals surface area contributed by atoms with Crippen LogP contribution in [0.4, 0.5) is 0 Å². The van der Waals surface area contributed by atoms with Gasteiger partial charge >= 0.3 is 0 Å². The minimum absolute atomic E-state index is 0.142. The third-order valence-corrected chi connectivity index (χ3v) is 3.75. The van der Waals surface area contributed by atoms with Crippen molar-refractivity contribution in [2.75, 3.05) is 0 Å². The molecule has 2 aromatic heterocycles. The van der Waals surface area contributed by atoms with Gasteiger partial charge in [-0.25, -0.2) is 4.52 Å². The van der Waals surface area contributed by atoms with E-state index in [1.165, 1.54) is 5.56 Å². The van der Waals surface area contributed by atoms with Crippen molar-refractivity contribution in [3.8, 4) is 0 Å². The second kappa shape index (κ2) is 5.10. The maximum Gasteiger partial charge on any atom is 0.0712 e. The number of hydrogen-bond donors (Lipinski definition) is 1. The van der Waals surface area contributed by atoms with Crippen molar-refractivity contribution in [2.24, 2.45) is 5.73 Å². The average Bonchev–Trinajstić information content (AvgIpc) is 2.90. The fourth-order valence-electron chi connectivity index (χ4n) is 2.46. The Kier molecular flexibility index (Phi) is 3.28. The predicted octanol–water partition coefficient (Wildman–Crippen LogP) is 3.51. The number of aromatic nitrogens is 2. The van der Waals surface area contributed by atoms with Crippen molar-refractivity contribution in [1.82, 2.24) is 9.61 Å². The Morgan fingerprint density at radius 3 is 2.40 bits per heavy atom. The van der Waals surface area contributed by atoms with Crippen molar-refractivity contribution in [3.63, 3.8) is 0 Å². The van der Waals surface area contributed by atoms with E-state index in [1.807, 2.05) is 35.1 Å². The molecule has 2 N–H and O–H groups in total. The van der Waals surface area contributed by atoms with Crippen LogP contribution < -0.4 is 5.73 Å². The lowest BCUT2D eigenvalue weighted by atomic mass is 9.96. The molecule has 1 aromatic carbocycles. The molecule has 0 bridgehead atoms. The van der Waals surface area contributed by atoms with Crippen LogP contribution in [-0.2, 0) is 0 Å². The minimum atomic E-state index is -0.142. The van der Waals surface area contributed by atoms with Crippen molar-refractivity contribution >= 4 is 5.52 Å². The van der Waals surface area contributed by atoms with Crippen LogP contribution in [0.25, 0.3) is 5.52 Å². The molecule has 20 heavy (non-hydrogen) atoms. The second-order valence-corrected chi connectivity index (χ2v) is 5.43. The summed E-state index contributed by atoms with van der Waals surface area (Å²) in [6.07, 6.45) is 3.80. The monoisotopic (exact) mass is 265 g/mol. The molecule has 0 aliphatic heterocycles. The zero-order valence-corrected chi connectivity index (χ0v) is 11.8. The van der Waals surface area contributed by atoms with Gasteiger partial charge in [-0.3, -0.25) is 0 Å². The molecule has 0 aliphatic rings. The standard InChI is InChI=1S/C17H19N3/c1-12(2)13-6-8-14(9-7-13)17(18)15-11-19-20-10-4-3-5-16(15)20/h3-12,17H,18H2,1-2H3. The van der Waals surface area contributed by atoms with Gasteiger partial charge in [0.15, 0.2) is 0 Å². The first-order valence-corrected chi connectivity index (χ1v) is 6.94. The Bertz CT molecular complexity index is 710. The molecule has 3 aromatic rings. The number of nitrogens with two attached hydrogens (primary N) is 1. The molecule has 0 saturated carbocycles. The minimum Gasteiger partial charge on any atom is -0.320 e. The smallest absolute Gasteiger partial charge is 0.0712 e. The number of pyridine rings is 1. The normalized spacial score (nSPS) is 13.0. The fraction of sp³-hybridized carbons (Fsp3) is 0.235. The highest BCUT2D eigenvalue weighted by Gasteiger charge is 2.14. The molecule has 3 rings (SSSR count). The van der Waals surface area contributed by atoms with Crippen LogP contribution in [-0.4, -0.2) is 9.61 Å². The van der Waals surface area contributed by atoms with Gasteiger partial charge in [-0.05, 0) is 29.2 Å². The van der Waals surface area contributed by atoms with E-state index in [1.54, 1.807) is 0 Å². The first-order valence-electron chi connectivity index (χ1n) is 6.94. The topological polar surface area (TPSA) is 43.3 Å². The molecular formula is C17H19N3. The summed E-state index contributed by atoms with van der Waals surface area (Å²) in [6, 6.07) is 14.4. The van der Waals surface area contributed by atoms with Gasteiger partial charge in [0.05, 0.1) is 17.8 Å². The Hall–Kier alpha value is -2.13. The summed E-state index contributed by atoms with van der Waals surface area (Å²) in [7, 11) is 0. The molecule has 2 heterocycles. The SMILES string of the molecule is CC(C)c1ccc(C(N)c2cnn3ccccc23)cc1. The number of nitrogens with zero attached hydrogens (tertiary/aromatic N) is 2. The largest absolute Gasteiger partial charge is 0.320 e. The van der Waals surface area contributed by atoms with Gasteiger partial charge < -0.3 is 5.73 Å². The van der Waals surface area contributed by atoms with E-state index in [0.29, 0.717) is 5.92 Å². The van der Waals surface area contributed by atoms with E-state index >= 15 is 0 Å². The molecule has 0 spiro atoms. The van der Waals surface area contributed by atoms with Crippen molar-refractivity contribution in [2.45, 2.75) is 25.8 Å². The van der Waals surface area contributed by atoms with Crippen LogP contribution in [0.3, 0.4) is 0 Å². The summed E-state index contributed by atoms with van der Waals surface area (Å²) in [5.41, 5.74) is 11.0. The average molecular weight is 265 g/mol. The van der Waals surface area contributed by atoms with Crippen molar-refractivity contribution in [3.05, 3.63) is 71.5 Å². The molecule has 1 unspecified atom stereocenters. The van der Waals surface area contributed by atoms with E-state index in [2.05, 4.69) is 43.2 Å². The lowest BCUT2D eigenvalue weighted by Crippen LogP contribution is -2.11. The van der Waals surface area contributed by atoms with E-state index in [0.717, 1.165) is 16.6 Å². The summed E-state index contributed by atoms with van der Waals surface area (Å²) in [4.78, 5) is 0. The van der Waals surface area contributed by atoms with Crippen LogP contribution in [0.15, 0.2) is 54.9 Å². The summed E-state index contributed by atoms with van der Waals surface area (Å²) in [5, 5.41) is 4.35. The zero-order chi connectivity index (χ0) is 14.1. The summed E-state index contributed by atoms with van der Waals surface area (Å²) in [5.74, 6) is 0.539. The number of rotatable bonds is 3. The highest BCUT2D eigenvalue weighted by atomic mass is 15.2. The Morgan fingerprint density at radius 2 is 1.70 bits per heavy atom. The van der Waals surface area contributed by atoms with Crippen LogP contribution >= 0.6 is 0 Å². The van der Waals surface area contributed by atoms with E-state index in [-0.39, 0.29) is 6.04 Å². The maximum atomic E-state index is 6.40. The Balaban J connectivity index is 1.97. The summed E-state index contributed by atoms with van der Waals surface area (Å²) in [6.45, 7) is 4.39. The first-order chi connectivity index (χ1) is 9.66. The van der Waals surface area contributed by atoms with Crippen molar-refractivity contribution in [1.29, 1.82) is 0 Å². The predicted molar refractivity (Wildman–Crippen MR) is 81.8 cm³/mol. The van der Waals surface area contributed by atoms with E-state index < -0.39 is 0 Å². The zero-order valence-electron chi connectivity index (χ0n) is 11.8.